The number of rotatable bonds is 5. The lowest BCUT2D eigenvalue weighted by Gasteiger charge is -2.30. The van der Waals surface area contributed by atoms with Gasteiger partial charge in [-0.25, -0.2) is 0 Å². The standard InChI is InChI=1S/C29H29NO4/c1-17-13-20(4)27(24(31)15-17)30(28-21(5)14-18(2)16-25(28)32)22-9-11-23(12-10-22)34-26-8-6-7-19(3)29(26)33/h6-16,31-33H,1-5H3. The number of aromatic hydroxyl groups is 3. The van der Waals surface area contributed by atoms with E-state index in [1.165, 1.54) is 0 Å². The molecular weight excluding hydrogens is 426 g/mol. The third-order valence-corrected chi connectivity index (χ3v) is 5.82. The van der Waals surface area contributed by atoms with Gasteiger partial charge in [0.2, 0.25) is 0 Å². The molecule has 34 heavy (non-hydrogen) atoms. The summed E-state index contributed by atoms with van der Waals surface area (Å²) in [5.74, 6) is 1.29. The van der Waals surface area contributed by atoms with Crippen LogP contribution in [0.15, 0.2) is 66.7 Å². The van der Waals surface area contributed by atoms with E-state index >= 15 is 0 Å². The summed E-state index contributed by atoms with van der Waals surface area (Å²) in [6.45, 7) is 9.56. The number of phenolic OH excluding ortho intramolecular Hbond substituents is 3. The number of ether oxygens (including phenoxy) is 1. The molecule has 5 nitrogen and oxygen atoms in total. The van der Waals surface area contributed by atoms with Gasteiger partial charge in [-0.15, -0.1) is 0 Å². The molecule has 3 N–H and O–H groups in total. The number of para-hydroxylation sites is 1. The molecule has 4 aromatic rings. The molecule has 0 amide bonds. The van der Waals surface area contributed by atoms with Crippen LogP contribution in [0.3, 0.4) is 0 Å². The summed E-state index contributed by atoms with van der Waals surface area (Å²) in [6, 6.07) is 20.1. The number of phenols is 3. The van der Waals surface area contributed by atoms with Crippen molar-refractivity contribution >= 4 is 17.1 Å². The highest BCUT2D eigenvalue weighted by Crippen LogP contribution is 2.47. The van der Waals surface area contributed by atoms with Crippen molar-refractivity contribution in [1.82, 2.24) is 0 Å². The highest BCUT2D eigenvalue weighted by Gasteiger charge is 2.23. The first-order valence-electron chi connectivity index (χ1n) is 11.1. The normalized spacial score (nSPS) is 10.9. The number of hydrogen-bond acceptors (Lipinski definition) is 5. The predicted octanol–water partition coefficient (Wildman–Crippen LogP) is 7.61. The first-order valence-corrected chi connectivity index (χ1v) is 11.1. The summed E-state index contributed by atoms with van der Waals surface area (Å²) < 4.78 is 5.90. The van der Waals surface area contributed by atoms with Crippen molar-refractivity contribution in [1.29, 1.82) is 0 Å². The highest BCUT2D eigenvalue weighted by molar-refractivity contribution is 5.86. The molecular formula is C29H29NO4. The van der Waals surface area contributed by atoms with Crippen LogP contribution in [0.2, 0.25) is 0 Å². The lowest BCUT2D eigenvalue weighted by molar-refractivity contribution is 0.408. The molecule has 4 rings (SSSR count). The van der Waals surface area contributed by atoms with E-state index in [0.717, 1.165) is 33.5 Å². The van der Waals surface area contributed by atoms with Crippen LogP contribution in [-0.4, -0.2) is 15.3 Å². The van der Waals surface area contributed by atoms with Crippen molar-refractivity contribution in [2.24, 2.45) is 0 Å². The van der Waals surface area contributed by atoms with Gasteiger partial charge >= 0.3 is 0 Å². The molecule has 0 radical (unpaired) electrons. The summed E-state index contributed by atoms with van der Waals surface area (Å²) in [6.07, 6.45) is 0. The number of hydrogen-bond donors (Lipinski definition) is 3. The lowest BCUT2D eigenvalue weighted by atomic mass is 10.0. The number of anilines is 3. The maximum Gasteiger partial charge on any atom is 0.169 e. The monoisotopic (exact) mass is 455 g/mol. The van der Waals surface area contributed by atoms with E-state index < -0.39 is 0 Å². The zero-order valence-electron chi connectivity index (χ0n) is 20.0. The van der Waals surface area contributed by atoms with Crippen molar-refractivity contribution in [3.63, 3.8) is 0 Å². The van der Waals surface area contributed by atoms with Crippen molar-refractivity contribution in [2.45, 2.75) is 34.6 Å². The molecule has 0 saturated heterocycles. The fourth-order valence-corrected chi connectivity index (χ4v) is 4.33. The van der Waals surface area contributed by atoms with Crippen molar-refractivity contribution in [2.75, 3.05) is 4.90 Å². The first-order chi connectivity index (χ1) is 16.2. The van der Waals surface area contributed by atoms with E-state index in [1.807, 2.05) is 75.9 Å². The maximum absolute atomic E-state index is 10.9. The molecule has 0 aliphatic heterocycles. The molecule has 174 valence electrons. The minimum atomic E-state index is 0.105. The van der Waals surface area contributed by atoms with Gasteiger partial charge < -0.3 is 25.0 Å². The molecule has 0 saturated carbocycles. The third-order valence-electron chi connectivity index (χ3n) is 5.82. The van der Waals surface area contributed by atoms with Crippen LogP contribution in [0.1, 0.15) is 27.8 Å². The maximum atomic E-state index is 10.9. The fraction of sp³-hybridized carbons (Fsp3) is 0.172. The van der Waals surface area contributed by atoms with E-state index in [-0.39, 0.29) is 17.2 Å². The Morgan fingerprint density at radius 1 is 0.618 bits per heavy atom. The summed E-state index contributed by atoms with van der Waals surface area (Å²) in [4.78, 5) is 1.86. The van der Waals surface area contributed by atoms with Crippen LogP contribution in [0, 0.1) is 34.6 Å². The average Bonchev–Trinajstić information content (AvgIpc) is 2.75. The van der Waals surface area contributed by atoms with Gasteiger partial charge in [0.25, 0.3) is 0 Å². The molecule has 0 aliphatic carbocycles. The minimum absolute atomic E-state index is 0.105. The van der Waals surface area contributed by atoms with Crippen LogP contribution in [0.4, 0.5) is 17.1 Å². The van der Waals surface area contributed by atoms with Gasteiger partial charge in [0.05, 0.1) is 11.4 Å². The van der Waals surface area contributed by atoms with Gasteiger partial charge in [-0.1, -0.05) is 24.3 Å². The molecule has 0 fully saturated rings. The van der Waals surface area contributed by atoms with Crippen molar-refractivity contribution in [3.8, 4) is 28.7 Å². The molecule has 0 unspecified atom stereocenters. The van der Waals surface area contributed by atoms with Gasteiger partial charge in [-0.3, -0.25) is 0 Å². The molecule has 0 aliphatic rings. The van der Waals surface area contributed by atoms with Gasteiger partial charge in [0, 0.05) is 5.69 Å². The number of aryl methyl sites for hydroxylation is 5. The molecule has 5 heteroatoms. The van der Waals surface area contributed by atoms with Crippen molar-refractivity contribution < 1.29 is 20.1 Å². The number of nitrogens with zero attached hydrogens (tertiary/aromatic N) is 1. The van der Waals surface area contributed by atoms with Crippen LogP contribution in [-0.2, 0) is 0 Å². The second-order valence-corrected chi connectivity index (χ2v) is 8.75. The second-order valence-electron chi connectivity index (χ2n) is 8.75. The van der Waals surface area contributed by atoms with Crippen molar-refractivity contribution in [3.05, 3.63) is 94.5 Å². The van der Waals surface area contributed by atoms with E-state index in [9.17, 15) is 15.3 Å². The largest absolute Gasteiger partial charge is 0.506 e. The lowest BCUT2D eigenvalue weighted by Crippen LogP contribution is -2.13. The zero-order chi connectivity index (χ0) is 24.6. The summed E-state index contributed by atoms with van der Waals surface area (Å²) in [5, 5.41) is 32.1. The van der Waals surface area contributed by atoms with Crippen LogP contribution in [0.5, 0.6) is 28.7 Å². The summed E-state index contributed by atoms with van der Waals surface area (Å²) in [5.41, 5.74) is 6.32. The van der Waals surface area contributed by atoms with E-state index in [2.05, 4.69) is 0 Å². The predicted molar refractivity (Wildman–Crippen MR) is 136 cm³/mol. The summed E-state index contributed by atoms with van der Waals surface area (Å²) >= 11 is 0. The highest BCUT2D eigenvalue weighted by atomic mass is 16.5. The Morgan fingerprint density at radius 3 is 1.65 bits per heavy atom. The van der Waals surface area contributed by atoms with E-state index in [0.29, 0.717) is 22.9 Å². The molecule has 0 bridgehead atoms. The topological polar surface area (TPSA) is 73.2 Å². The molecule has 0 aromatic heterocycles. The van der Waals surface area contributed by atoms with Gasteiger partial charge in [0.15, 0.2) is 11.5 Å². The SMILES string of the molecule is Cc1cc(C)c(N(c2ccc(Oc3cccc(C)c3O)cc2)c2c(C)cc(C)cc2O)c(O)c1. The van der Waals surface area contributed by atoms with Gasteiger partial charge in [-0.05, 0) is 105 Å². The Kier molecular flexibility index (Phi) is 6.12. The number of benzene rings is 4. The minimum Gasteiger partial charge on any atom is -0.506 e. The summed E-state index contributed by atoms with van der Waals surface area (Å²) in [7, 11) is 0. The fourth-order valence-electron chi connectivity index (χ4n) is 4.33. The third kappa shape index (κ3) is 4.37. The van der Waals surface area contributed by atoms with E-state index in [4.69, 9.17) is 4.74 Å². The zero-order valence-corrected chi connectivity index (χ0v) is 20.0. The Labute approximate surface area is 200 Å². The molecule has 0 atom stereocenters. The average molecular weight is 456 g/mol. The smallest absolute Gasteiger partial charge is 0.169 e. The van der Waals surface area contributed by atoms with Gasteiger partial charge in [0.1, 0.15) is 17.2 Å². The Bertz CT molecular complexity index is 1260. The second kappa shape index (κ2) is 9.02. The van der Waals surface area contributed by atoms with Crippen LogP contribution < -0.4 is 9.64 Å². The Hall–Kier alpha value is -4.12. The quantitative estimate of drug-likeness (QED) is 0.289. The van der Waals surface area contributed by atoms with Gasteiger partial charge in [-0.2, -0.15) is 0 Å². The molecule has 0 spiro atoms. The molecule has 0 heterocycles. The Balaban J connectivity index is 1.83. The Morgan fingerprint density at radius 2 is 1.15 bits per heavy atom. The molecule has 4 aromatic carbocycles. The van der Waals surface area contributed by atoms with Crippen LogP contribution >= 0.6 is 0 Å². The van der Waals surface area contributed by atoms with Crippen LogP contribution in [0.25, 0.3) is 0 Å². The first kappa shape index (κ1) is 23.1. The van der Waals surface area contributed by atoms with E-state index in [1.54, 1.807) is 30.3 Å².